The minimum absolute atomic E-state index is 0.238. The summed E-state index contributed by atoms with van der Waals surface area (Å²) in [7, 11) is 1.32. The molecule has 0 unspecified atom stereocenters. The molecular weight excluding hydrogens is 318 g/mol. The van der Waals surface area contributed by atoms with Crippen LogP contribution in [0.5, 0.6) is 0 Å². The summed E-state index contributed by atoms with van der Waals surface area (Å²) in [6, 6.07) is -0.940. The molecule has 2 atom stereocenters. The Bertz CT molecular complexity index is 237. The van der Waals surface area contributed by atoms with Crippen molar-refractivity contribution in [3.63, 3.8) is 0 Å². The first-order chi connectivity index (χ1) is 6.65. The number of carbonyl (C=O) groups excluding carboxylic acids is 2. The summed E-state index contributed by atoms with van der Waals surface area (Å²) in [5.74, 6) is -0.608. The molecule has 0 aromatic rings. The van der Waals surface area contributed by atoms with Gasteiger partial charge in [0.25, 0.3) is 0 Å². The van der Waals surface area contributed by atoms with Crippen LogP contribution in [0.1, 0.15) is 0 Å². The predicted molar refractivity (Wildman–Crippen MR) is 53.0 cm³/mol. The van der Waals surface area contributed by atoms with Crippen LogP contribution in [-0.4, -0.2) is 57.3 Å². The zero-order valence-corrected chi connectivity index (χ0v) is 11.1. The molecule has 0 aliphatic carbocycles. The molecule has 0 aromatic carbocycles. The van der Waals surface area contributed by atoms with Gasteiger partial charge in [-0.3, -0.25) is 0 Å². The second kappa shape index (κ2) is 5.73. The standard InChI is InChI=1S/C7H12N2O3Se2/c1-12-7(11)5-3-14-13-2-4(8)6(10)9-5/h4-5H,2-3,8H2,1H3,(H,9,10)/t4-,5-/m0/s1. The van der Waals surface area contributed by atoms with Crippen LogP contribution in [0.3, 0.4) is 0 Å². The molecule has 0 aromatic heterocycles. The molecule has 1 fully saturated rings. The zero-order valence-electron chi connectivity index (χ0n) is 7.69. The third kappa shape index (κ3) is 3.26. The number of hydrogen-bond donors (Lipinski definition) is 2. The van der Waals surface area contributed by atoms with Crippen molar-refractivity contribution in [3.05, 3.63) is 0 Å². The molecular formula is C7H12N2O3Se2. The average molecular weight is 330 g/mol. The summed E-state index contributed by atoms with van der Waals surface area (Å²) in [6.45, 7) is 0. The number of amides is 1. The Hall–Kier alpha value is -0.0610. The normalized spacial score (nSPS) is 28.6. The first-order valence-electron chi connectivity index (χ1n) is 4.03. The van der Waals surface area contributed by atoms with E-state index in [0.29, 0.717) is 26.3 Å². The second-order valence-electron chi connectivity index (χ2n) is 2.76. The molecule has 1 rings (SSSR count). The minimum atomic E-state index is -0.485. The molecule has 3 N–H and O–H groups in total. The van der Waals surface area contributed by atoms with Crippen LogP contribution in [0.2, 0.25) is 10.6 Å². The first kappa shape index (κ1) is 12.0. The van der Waals surface area contributed by atoms with Gasteiger partial charge < -0.3 is 0 Å². The van der Waals surface area contributed by atoms with E-state index in [-0.39, 0.29) is 11.9 Å². The van der Waals surface area contributed by atoms with Crippen LogP contribution in [0, 0.1) is 0 Å². The number of nitrogens with two attached hydrogens (primary N) is 1. The molecule has 0 saturated carbocycles. The maximum atomic E-state index is 11.4. The molecule has 7 heteroatoms. The molecule has 0 radical (unpaired) electrons. The molecule has 0 bridgehead atoms. The van der Waals surface area contributed by atoms with Gasteiger partial charge >= 0.3 is 93.3 Å². The Morgan fingerprint density at radius 2 is 2.21 bits per heavy atom. The SMILES string of the molecule is COC(=O)[C@@H]1C[Se][Se]C[C@H](N)C(=O)N1. The summed E-state index contributed by atoms with van der Waals surface area (Å²) in [4.78, 5) is 22.6. The number of nitrogens with one attached hydrogen (secondary N) is 1. The van der Waals surface area contributed by atoms with E-state index >= 15 is 0 Å². The van der Waals surface area contributed by atoms with Crippen molar-refractivity contribution in [2.75, 3.05) is 7.11 Å². The van der Waals surface area contributed by atoms with Gasteiger partial charge in [-0.2, -0.15) is 0 Å². The van der Waals surface area contributed by atoms with E-state index < -0.39 is 12.1 Å². The molecule has 1 aliphatic rings. The van der Waals surface area contributed by atoms with Crippen LogP contribution in [0.25, 0.3) is 0 Å². The molecule has 1 saturated heterocycles. The monoisotopic (exact) mass is 332 g/mol. The van der Waals surface area contributed by atoms with Gasteiger partial charge in [0.1, 0.15) is 0 Å². The topological polar surface area (TPSA) is 81.4 Å². The fraction of sp³-hybridized carbons (Fsp3) is 0.714. The van der Waals surface area contributed by atoms with E-state index in [0.717, 1.165) is 10.6 Å². The maximum absolute atomic E-state index is 11.4. The van der Waals surface area contributed by atoms with Crippen LogP contribution in [0.15, 0.2) is 0 Å². The number of rotatable bonds is 1. The number of carbonyl (C=O) groups is 2. The van der Waals surface area contributed by atoms with E-state index in [9.17, 15) is 9.59 Å². The van der Waals surface area contributed by atoms with Gasteiger partial charge in [-0.05, 0) is 0 Å². The van der Waals surface area contributed by atoms with Crippen molar-refractivity contribution in [3.8, 4) is 0 Å². The number of methoxy groups -OCH3 is 1. The van der Waals surface area contributed by atoms with Crippen LogP contribution in [0.4, 0.5) is 0 Å². The van der Waals surface area contributed by atoms with Crippen molar-refractivity contribution in [2.45, 2.75) is 22.7 Å². The number of hydrogen-bond acceptors (Lipinski definition) is 4. The van der Waals surface area contributed by atoms with Gasteiger partial charge in [0, 0.05) is 0 Å². The zero-order chi connectivity index (χ0) is 10.6. The molecule has 14 heavy (non-hydrogen) atoms. The van der Waals surface area contributed by atoms with Crippen molar-refractivity contribution in [1.29, 1.82) is 0 Å². The van der Waals surface area contributed by atoms with Gasteiger partial charge in [0.2, 0.25) is 0 Å². The third-order valence-electron chi connectivity index (χ3n) is 1.70. The van der Waals surface area contributed by atoms with Gasteiger partial charge in [-0.15, -0.1) is 0 Å². The van der Waals surface area contributed by atoms with E-state index in [1.54, 1.807) is 0 Å². The van der Waals surface area contributed by atoms with Crippen molar-refractivity contribution < 1.29 is 14.3 Å². The number of esters is 1. The fourth-order valence-electron chi connectivity index (χ4n) is 0.903. The average Bonchev–Trinajstić information content (AvgIpc) is 2.18. The van der Waals surface area contributed by atoms with Crippen molar-refractivity contribution >= 4 is 38.1 Å². The molecule has 0 spiro atoms. The summed E-state index contributed by atoms with van der Waals surface area (Å²) in [5.41, 5.74) is 5.61. The predicted octanol–water partition coefficient (Wildman–Crippen LogP) is -1.85. The molecule has 1 aliphatic heterocycles. The first-order valence-corrected chi connectivity index (χ1v) is 10.8. The Balaban J connectivity index is 2.59. The second-order valence-corrected chi connectivity index (χ2v) is 10.3. The molecule has 1 amide bonds. The molecule has 80 valence electrons. The van der Waals surface area contributed by atoms with Gasteiger partial charge in [0.15, 0.2) is 0 Å². The summed E-state index contributed by atoms with van der Waals surface area (Å²) >= 11 is 0.827. The van der Waals surface area contributed by atoms with Gasteiger partial charge in [-0.1, -0.05) is 0 Å². The fourth-order valence-corrected chi connectivity index (χ4v) is 7.86. The molecule has 1 heterocycles. The van der Waals surface area contributed by atoms with E-state index in [1.807, 2.05) is 0 Å². The van der Waals surface area contributed by atoms with Crippen molar-refractivity contribution in [1.82, 2.24) is 5.32 Å². The van der Waals surface area contributed by atoms with E-state index in [4.69, 9.17) is 5.73 Å². The molecule has 5 nitrogen and oxygen atoms in total. The Kier molecular flexibility index (Phi) is 4.92. The number of ether oxygens (including phenoxy) is 1. The van der Waals surface area contributed by atoms with Crippen LogP contribution in [-0.2, 0) is 14.3 Å². The summed E-state index contributed by atoms with van der Waals surface area (Å²) in [6.07, 6.45) is 0. The Morgan fingerprint density at radius 1 is 1.57 bits per heavy atom. The van der Waals surface area contributed by atoms with Crippen LogP contribution >= 0.6 is 0 Å². The Morgan fingerprint density at radius 3 is 2.86 bits per heavy atom. The quantitative estimate of drug-likeness (QED) is 0.437. The summed E-state index contributed by atoms with van der Waals surface area (Å²) in [5, 5.41) is 4.10. The van der Waals surface area contributed by atoms with E-state index in [1.165, 1.54) is 7.11 Å². The third-order valence-corrected chi connectivity index (χ3v) is 8.86. The van der Waals surface area contributed by atoms with Crippen LogP contribution < -0.4 is 11.1 Å². The Labute approximate surface area is 93.4 Å². The van der Waals surface area contributed by atoms with Gasteiger partial charge in [0.05, 0.1) is 0 Å². The van der Waals surface area contributed by atoms with E-state index in [2.05, 4.69) is 10.1 Å². The van der Waals surface area contributed by atoms with Crippen molar-refractivity contribution in [2.24, 2.45) is 5.73 Å². The van der Waals surface area contributed by atoms with Gasteiger partial charge in [-0.25, -0.2) is 0 Å². The summed E-state index contributed by atoms with van der Waals surface area (Å²) < 4.78 is 4.59.